The predicted octanol–water partition coefficient (Wildman–Crippen LogP) is 1.47. The van der Waals surface area contributed by atoms with Crippen molar-refractivity contribution in [3.05, 3.63) is 23.8 Å². The van der Waals surface area contributed by atoms with Gasteiger partial charge in [-0.25, -0.2) is 4.79 Å². The van der Waals surface area contributed by atoms with Gasteiger partial charge in [0.1, 0.15) is 0 Å². The Balaban J connectivity index is 2.01. The molecule has 0 radical (unpaired) electrons. The summed E-state index contributed by atoms with van der Waals surface area (Å²) >= 11 is 0. The first-order valence-electron chi connectivity index (χ1n) is 6.21. The summed E-state index contributed by atoms with van der Waals surface area (Å²) in [6.45, 7) is 0. The normalized spacial score (nSPS) is 39.4. The summed E-state index contributed by atoms with van der Waals surface area (Å²) in [6.07, 6.45) is 7.63. The number of carbonyl (C=O) groups is 2. The quantitative estimate of drug-likeness (QED) is 0.548. The molecule has 0 heterocycles. The number of rotatable bonds is 2. The highest BCUT2D eigenvalue weighted by atomic mass is 16.5. The van der Waals surface area contributed by atoms with Crippen LogP contribution in [0.2, 0.25) is 0 Å². The van der Waals surface area contributed by atoms with Crippen LogP contribution in [0.4, 0.5) is 0 Å². The molecule has 18 heavy (non-hydrogen) atoms. The van der Waals surface area contributed by atoms with E-state index in [0.717, 1.165) is 18.4 Å². The van der Waals surface area contributed by atoms with Gasteiger partial charge >= 0.3 is 11.9 Å². The van der Waals surface area contributed by atoms with E-state index in [1.54, 1.807) is 0 Å². The van der Waals surface area contributed by atoms with E-state index in [2.05, 4.69) is 0 Å². The van der Waals surface area contributed by atoms with Crippen LogP contribution in [-0.4, -0.2) is 26.2 Å². The largest absolute Gasteiger partial charge is 0.468 e. The molecule has 3 rings (SSSR count). The van der Waals surface area contributed by atoms with E-state index in [9.17, 15) is 9.59 Å². The lowest BCUT2D eigenvalue weighted by molar-refractivity contribution is -0.153. The molecular weight excluding hydrogens is 232 g/mol. The van der Waals surface area contributed by atoms with Crippen LogP contribution in [0.1, 0.15) is 12.8 Å². The predicted molar refractivity (Wildman–Crippen MR) is 63.4 cm³/mol. The number of carbonyl (C=O) groups excluding carboxylic acids is 2. The van der Waals surface area contributed by atoms with Crippen molar-refractivity contribution in [3.8, 4) is 0 Å². The Kier molecular flexibility index (Phi) is 2.37. The lowest BCUT2D eigenvalue weighted by Crippen LogP contribution is -2.40. The van der Waals surface area contributed by atoms with E-state index in [-0.39, 0.29) is 29.7 Å². The molecule has 0 saturated heterocycles. The molecule has 0 aliphatic heterocycles. The monoisotopic (exact) mass is 248 g/mol. The molecule has 1 fully saturated rings. The molecule has 1 saturated carbocycles. The van der Waals surface area contributed by atoms with Gasteiger partial charge in [0.05, 0.1) is 19.6 Å². The van der Waals surface area contributed by atoms with Gasteiger partial charge in [0.25, 0.3) is 0 Å². The van der Waals surface area contributed by atoms with Crippen LogP contribution in [0, 0.1) is 23.2 Å². The molecule has 0 aromatic carbocycles. The fraction of sp³-hybridized carbons (Fsp3) is 0.571. The lowest BCUT2D eigenvalue weighted by atomic mass is 9.69. The molecule has 4 heteroatoms. The second kappa shape index (κ2) is 3.70. The van der Waals surface area contributed by atoms with E-state index in [1.807, 2.05) is 18.2 Å². The summed E-state index contributed by atoms with van der Waals surface area (Å²) in [7, 11) is 2.83. The zero-order valence-corrected chi connectivity index (χ0v) is 10.5. The maximum absolute atomic E-state index is 12.1. The van der Waals surface area contributed by atoms with E-state index in [4.69, 9.17) is 9.47 Å². The molecule has 0 aromatic rings. The van der Waals surface area contributed by atoms with Crippen molar-refractivity contribution >= 4 is 11.9 Å². The minimum Gasteiger partial charge on any atom is -0.468 e. The molecular formula is C14H16O4. The van der Waals surface area contributed by atoms with Crippen LogP contribution in [0.15, 0.2) is 23.8 Å². The number of fused-ring (bicyclic) bond motifs is 5. The number of methoxy groups -OCH3 is 2. The molecule has 0 N–H and O–H groups in total. The number of ether oxygens (including phenoxy) is 2. The van der Waals surface area contributed by atoms with Gasteiger partial charge in [-0.15, -0.1) is 0 Å². The molecule has 2 bridgehead atoms. The van der Waals surface area contributed by atoms with E-state index in [0.29, 0.717) is 0 Å². The summed E-state index contributed by atoms with van der Waals surface area (Å²) in [5.41, 5.74) is 0.215. The van der Waals surface area contributed by atoms with E-state index < -0.39 is 5.41 Å². The Labute approximate surface area is 106 Å². The second-order valence-corrected chi connectivity index (χ2v) is 5.23. The van der Waals surface area contributed by atoms with Gasteiger partial charge in [0, 0.05) is 5.57 Å². The van der Waals surface area contributed by atoms with Crippen LogP contribution >= 0.6 is 0 Å². The minimum absolute atomic E-state index is 0.0767. The maximum atomic E-state index is 12.1. The summed E-state index contributed by atoms with van der Waals surface area (Å²) in [6, 6.07) is 0. The van der Waals surface area contributed by atoms with Crippen LogP contribution in [0.3, 0.4) is 0 Å². The van der Waals surface area contributed by atoms with Gasteiger partial charge in [0.15, 0.2) is 0 Å². The molecule has 96 valence electrons. The molecule has 4 atom stereocenters. The highest BCUT2D eigenvalue weighted by Crippen LogP contribution is 2.63. The average Bonchev–Trinajstić information content (AvgIpc) is 3.06. The van der Waals surface area contributed by atoms with Crippen molar-refractivity contribution in [2.24, 2.45) is 23.2 Å². The van der Waals surface area contributed by atoms with Gasteiger partial charge in [-0.3, -0.25) is 4.79 Å². The Morgan fingerprint density at radius 2 is 2.11 bits per heavy atom. The minimum atomic E-state index is -0.531. The lowest BCUT2D eigenvalue weighted by Gasteiger charge is -2.34. The molecule has 0 spiro atoms. The molecule has 4 nitrogen and oxygen atoms in total. The van der Waals surface area contributed by atoms with Gasteiger partial charge in [-0.05, 0) is 30.6 Å². The SMILES string of the molecule is COC(=O)C1=C[C@H]2C[C@@H]1[C@H]1CC=C[C@]12C(=O)OC. The molecule has 3 aliphatic rings. The molecule has 0 unspecified atom stereocenters. The smallest absolute Gasteiger partial charge is 0.333 e. The van der Waals surface area contributed by atoms with Crippen LogP contribution in [-0.2, 0) is 19.1 Å². The van der Waals surface area contributed by atoms with Gasteiger partial charge in [0.2, 0.25) is 0 Å². The second-order valence-electron chi connectivity index (χ2n) is 5.23. The fourth-order valence-corrected chi connectivity index (χ4v) is 4.03. The first kappa shape index (κ1) is 11.5. The fourth-order valence-electron chi connectivity index (χ4n) is 4.03. The van der Waals surface area contributed by atoms with Crippen molar-refractivity contribution in [1.82, 2.24) is 0 Å². The first-order chi connectivity index (χ1) is 8.65. The first-order valence-corrected chi connectivity index (χ1v) is 6.21. The zero-order valence-electron chi connectivity index (χ0n) is 10.5. The van der Waals surface area contributed by atoms with Gasteiger partial charge < -0.3 is 9.47 Å². The Morgan fingerprint density at radius 1 is 1.33 bits per heavy atom. The van der Waals surface area contributed by atoms with Crippen LogP contribution < -0.4 is 0 Å². The van der Waals surface area contributed by atoms with Crippen LogP contribution in [0.25, 0.3) is 0 Å². The third-order valence-corrected chi connectivity index (χ3v) is 4.74. The number of hydrogen-bond donors (Lipinski definition) is 0. The van der Waals surface area contributed by atoms with Gasteiger partial charge in [-0.1, -0.05) is 18.2 Å². The average molecular weight is 248 g/mol. The maximum Gasteiger partial charge on any atom is 0.333 e. The summed E-state index contributed by atoms with van der Waals surface area (Å²) in [4.78, 5) is 23.8. The highest BCUT2D eigenvalue weighted by Gasteiger charge is 2.63. The van der Waals surface area contributed by atoms with Crippen molar-refractivity contribution in [2.75, 3.05) is 14.2 Å². The summed E-state index contributed by atoms with van der Waals surface area (Å²) < 4.78 is 9.79. The van der Waals surface area contributed by atoms with E-state index >= 15 is 0 Å². The van der Waals surface area contributed by atoms with Crippen molar-refractivity contribution in [1.29, 1.82) is 0 Å². The standard InChI is InChI=1S/C14H16O4/c1-17-12(15)10-7-8-6-9(10)11-4-3-5-14(8,11)13(16)18-2/h3,5,7-9,11H,4,6H2,1-2H3/t8-,9+,11-,14-/m1/s1. The number of allylic oxidation sites excluding steroid dienone is 2. The number of esters is 2. The Hall–Kier alpha value is -1.58. The van der Waals surface area contributed by atoms with Crippen molar-refractivity contribution < 1.29 is 19.1 Å². The highest BCUT2D eigenvalue weighted by molar-refractivity contribution is 5.92. The molecule has 3 aliphatic carbocycles. The van der Waals surface area contributed by atoms with Crippen molar-refractivity contribution in [2.45, 2.75) is 12.8 Å². The summed E-state index contributed by atoms with van der Waals surface area (Å²) in [5, 5.41) is 0. The molecule has 0 amide bonds. The molecule has 0 aromatic heterocycles. The van der Waals surface area contributed by atoms with Gasteiger partial charge in [-0.2, -0.15) is 0 Å². The Bertz CT molecular complexity index is 476. The summed E-state index contributed by atoms with van der Waals surface area (Å²) in [5.74, 6) is -0.0554. The van der Waals surface area contributed by atoms with E-state index in [1.165, 1.54) is 14.2 Å². The topological polar surface area (TPSA) is 52.6 Å². The third-order valence-electron chi connectivity index (χ3n) is 4.74. The third kappa shape index (κ3) is 1.15. The van der Waals surface area contributed by atoms with Crippen LogP contribution in [0.5, 0.6) is 0 Å². The number of hydrogen-bond acceptors (Lipinski definition) is 4. The van der Waals surface area contributed by atoms with Crippen molar-refractivity contribution in [3.63, 3.8) is 0 Å². The Morgan fingerprint density at radius 3 is 2.78 bits per heavy atom. The zero-order chi connectivity index (χ0) is 12.9.